The Morgan fingerprint density at radius 3 is 1.69 bits per heavy atom. The van der Waals surface area contributed by atoms with Crippen LogP contribution in [0.3, 0.4) is 0 Å². The van der Waals surface area contributed by atoms with Crippen LogP contribution in [0.25, 0.3) is 0 Å². The van der Waals surface area contributed by atoms with Crippen molar-refractivity contribution in [2.75, 3.05) is 0 Å². The van der Waals surface area contributed by atoms with Crippen LogP contribution in [0, 0.1) is 0 Å². The Morgan fingerprint density at radius 1 is 0.750 bits per heavy atom. The van der Waals surface area contributed by atoms with Gasteiger partial charge in [-0.25, -0.2) is 0 Å². The number of rotatable bonds is 0. The fraction of sp³-hybridized carbons (Fsp3) is 0.143. The van der Waals surface area contributed by atoms with E-state index in [2.05, 4.69) is 47.9 Å². The molecule has 0 saturated heterocycles. The van der Waals surface area contributed by atoms with Crippen molar-refractivity contribution >= 4 is 22.1 Å². The summed E-state index contributed by atoms with van der Waals surface area (Å²) in [5.41, 5.74) is 0. The first-order valence-electron chi connectivity index (χ1n) is 5.56. The summed E-state index contributed by atoms with van der Waals surface area (Å²) in [6.07, 6.45) is 0. The van der Waals surface area contributed by atoms with Crippen molar-refractivity contribution in [2.24, 2.45) is 0 Å². The van der Waals surface area contributed by atoms with Crippen LogP contribution in [-0.4, -0.2) is 13.3 Å². The first kappa shape index (κ1) is 9.97. The van der Waals surface area contributed by atoms with E-state index in [9.17, 15) is 0 Å². The van der Waals surface area contributed by atoms with Crippen LogP contribution in [0.1, 0.15) is 0 Å². The van der Waals surface area contributed by atoms with E-state index in [1.807, 2.05) is 12.1 Å². The van der Waals surface area contributed by atoms with Crippen LogP contribution in [-0.2, 0) is 0 Å². The van der Waals surface area contributed by atoms with Gasteiger partial charge >= 0.3 is 98.3 Å². The van der Waals surface area contributed by atoms with E-state index in [4.69, 9.17) is 4.74 Å². The Morgan fingerprint density at radius 2 is 1.19 bits per heavy atom. The fourth-order valence-electron chi connectivity index (χ4n) is 2.41. The van der Waals surface area contributed by atoms with Crippen LogP contribution in [0.2, 0.25) is 11.5 Å². The predicted octanol–water partition coefficient (Wildman–Crippen LogP) is 2.61. The molecule has 0 spiro atoms. The summed E-state index contributed by atoms with van der Waals surface area (Å²) < 4.78 is 8.85. The van der Waals surface area contributed by atoms with Crippen LogP contribution >= 0.6 is 0 Å². The van der Waals surface area contributed by atoms with E-state index in [1.54, 1.807) is 0 Å². The fourth-order valence-corrected chi connectivity index (χ4v) is 8.32. The Kier molecular flexibility index (Phi) is 2.11. The Bertz CT molecular complexity index is 498. The van der Waals surface area contributed by atoms with Crippen molar-refractivity contribution in [3.8, 4) is 11.5 Å². The summed E-state index contributed by atoms with van der Waals surface area (Å²) in [5.74, 6) is 6.98. The van der Waals surface area contributed by atoms with Crippen molar-refractivity contribution in [2.45, 2.75) is 11.5 Å². The molecule has 1 nitrogen and oxygen atoms in total. The van der Waals surface area contributed by atoms with Gasteiger partial charge in [-0.3, -0.25) is 0 Å². The van der Waals surface area contributed by atoms with E-state index in [1.165, 1.54) is 8.79 Å². The van der Waals surface area contributed by atoms with Crippen molar-refractivity contribution in [3.63, 3.8) is 0 Å². The molecule has 0 N–H and O–H groups in total. The van der Waals surface area contributed by atoms with Gasteiger partial charge in [-0.1, -0.05) is 0 Å². The quantitative estimate of drug-likeness (QED) is 0.669. The standard InChI is InChI=1S/C14H14GeO/c1-15(2)11-7-3-5-9-13(11)16-14-10-6-4-8-12(14)15/h3-10H,1-2H3. The molecule has 0 radical (unpaired) electrons. The van der Waals surface area contributed by atoms with Gasteiger partial charge in [0.25, 0.3) is 0 Å². The van der Waals surface area contributed by atoms with Crippen molar-refractivity contribution in [3.05, 3.63) is 48.5 Å². The molecule has 1 aliphatic rings. The van der Waals surface area contributed by atoms with Crippen LogP contribution in [0.15, 0.2) is 48.5 Å². The summed E-state index contributed by atoms with van der Waals surface area (Å²) in [6, 6.07) is 16.9. The summed E-state index contributed by atoms with van der Waals surface area (Å²) >= 11 is -2.11. The van der Waals surface area contributed by atoms with E-state index in [-0.39, 0.29) is 0 Å². The third kappa shape index (κ3) is 1.31. The molecule has 16 heavy (non-hydrogen) atoms. The van der Waals surface area contributed by atoms with E-state index < -0.39 is 13.3 Å². The van der Waals surface area contributed by atoms with Crippen molar-refractivity contribution < 1.29 is 4.74 Å². The molecule has 0 amide bonds. The van der Waals surface area contributed by atoms with Crippen molar-refractivity contribution in [1.82, 2.24) is 0 Å². The molecule has 0 aliphatic carbocycles. The Balaban J connectivity index is 2.28. The van der Waals surface area contributed by atoms with Gasteiger partial charge in [0, 0.05) is 0 Å². The zero-order valence-corrected chi connectivity index (χ0v) is 11.6. The number of para-hydroxylation sites is 2. The number of hydrogen-bond acceptors (Lipinski definition) is 1. The van der Waals surface area contributed by atoms with Gasteiger partial charge < -0.3 is 0 Å². The van der Waals surface area contributed by atoms with E-state index in [0.717, 1.165) is 11.5 Å². The molecule has 0 saturated carbocycles. The average Bonchev–Trinajstić information content (AvgIpc) is 2.29. The molecule has 0 aromatic heterocycles. The monoisotopic (exact) mass is 272 g/mol. The van der Waals surface area contributed by atoms with Crippen molar-refractivity contribution in [1.29, 1.82) is 0 Å². The molecule has 3 rings (SSSR count). The van der Waals surface area contributed by atoms with Crippen LogP contribution < -0.4 is 13.5 Å². The van der Waals surface area contributed by atoms with Crippen LogP contribution in [0.4, 0.5) is 0 Å². The second kappa shape index (κ2) is 3.39. The van der Waals surface area contributed by atoms with Gasteiger partial charge in [0.1, 0.15) is 0 Å². The minimum absolute atomic E-state index is 1.06. The summed E-state index contributed by atoms with van der Waals surface area (Å²) in [4.78, 5) is 0. The van der Waals surface area contributed by atoms with E-state index >= 15 is 0 Å². The van der Waals surface area contributed by atoms with Gasteiger partial charge in [-0.15, -0.1) is 0 Å². The number of ether oxygens (including phenoxy) is 1. The zero-order chi connectivity index (χ0) is 11.2. The number of fused-ring (bicyclic) bond motifs is 2. The molecule has 1 aliphatic heterocycles. The Labute approximate surface area is 98.4 Å². The third-order valence-electron chi connectivity index (χ3n) is 3.34. The second-order valence-corrected chi connectivity index (χ2v) is 13.8. The first-order valence-corrected chi connectivity index (χ1v) is 11.9. The molecular weight excluding hydrogens is 257 g/mol. The topological polar surface area (TPSA) is 9.23 Å². The molecule has 1 heterocycles. The SMILES string of the molecule is [CH3][Ge]1([CH3])[c]2ccccc2Oc2cccc[c]21. The zero-order valence-electron chi connectivity index (χ0n) is 9.53. The molecule has 2 aromatic rings. The van der Waals surface area contributed by atoms with Gasteiger partial charge in [0.15, 0.2) is 0 Å². The van der Waals surface area contributed by atoms with Gasteiger partial charge in [0.2, 0.25) is 0 Å². The Hall–Kier alpha value is -1.22. The maximum absolute atomic E-state index is 5.96. The summed E-state index contributed by atoms with van der Waals surface area (Å²) in [5, 5.41) is 0. The second-order valence-electron chi connectivity index (χ2n) is 4.72. The molecule has 0 atom stereocenters. The minimum atomic E-state index is -2.11. The predicted molar refractivity (Wildman–Crippen MR) is 69.7 cm³/mol. The molecule has 2 heteroatoms. The molecular formula is C14H14GeO. The summed E-state index contributed by atoms with van der Waals surface area (Å²) in [6.45, 7) is 0. The maximum atomic E-state index is 5.96. The molecule has 80 valence electrons. The first-order chi connectivity index (χ1) is 7.69. The van der Waals surface area contributed by atoms with Gasteiger partial charge in [-0.2, -0.15) is 0 Å². The molecule has 0 bridgehead atoms. The normalized spacial score (nSPS) is 15.9. The average molecular weight is 271 g/mol. The van der Waals surface area contributed by atoms with Gasteiger partial charge in [-0.05, 0) is 0 Å². The number of hydrogen-bond donors (Lipinski definition) is 0. The number of benzene rings is 2. The molecule has 0 fully saturated rings. The molecule has 0 unspecified atom stereocenters. The molecule has 2 aromatic carbocycles. The van der Waals surface area contributed by atoms with E-state index in [0.29, 0.717) is 0 Å². The third-order valence-corrected chi connectivity index (χ3v) is 10.7. The van der Waals surface area contributed by atoms with Gasteiger partial charge in [0.05, 0.1) is 0 Å². The summed E-state index contributed by atoms with van der Waals surface area (Å²) in [7, 11) is 0. The van der Waals surface area contributed by atoms with Crippen LogP contribution in [0.5, 0.6) is 11.5 Å².